The second kappa shape index (κ2) is 7.29. The van der Waals surface area contributed by atoms with Gasteiger partial charge in [0, 0.05) is 24.4 Å². The normalized spacial score (nSPS) is 11.5. The molecule has 1 N–H and O–H groups in total. The second-order valence-corrected chi connectivity index (χ2v) is 6.28. The van der Waals surface area contributed by atoms with E-state index in [0.29, 0.717) is 18.3 Å². The van der Waals surface area contributed by atoms with Crippen LogP contribution < -0.4 is 10.1 Å². The fourth-order valence-corrected chi connectivity index (χ4v) is 1.64. The summed E-state index contributed by atoms with van der Waals surface area (Å²) in [7, 11) is 0. The molecule has 0 saturated carbocycles. The van der Waals surface area contributed by atoms with Crippen molar-refractivity contribution >= 4 is 11.4 Å². The smallest absolute Gasteiger partial charge is 0.311 e. The molecule has 5 heteroatoms. The molecule has 0 amide bonds. The minimum Gasteiger partial charge on any atom is -0.487 e. The van der Waals surface area contributed by atoms with Gasteiger partial charge in [-0.25, -0.2) is 0 Å². The van der Waals surface area contributed by atoms with Crippen LogP contribution in [0, 0.1) is 21.4 Å². The van der Waals surface area contributed by atoms with Gasteiger partial charge in [0.25, 0.3) is 0 Å². The average molecular weight is 294 g/mol. The molecule has 0 unspecified atom stereocenters. The van der Waals surface area contributed by atoms with Crippen LogP contribution in [0.1, 0.15) is 41.0 Å². The summed E-state index contributed by atoms with van der Waals surface area (Å²) in [6, 6.07) is 4.94. The zero-order valence-electron chi connectivity index (χ0n) is 13.6. The Kier molecular flexibility index (Phi) is 6.00. The maximum Gasteiger partial charge on any atom is 0.311 e. The molecular formula is C16H26N2O3. The predicted molar refractivity (Wildman–Crippen MR) is 86.0 cm³/mol. The van der Waals surface area contributed by atoms with Gasteiger partial charge < -0.3 is 10.1 Å². The number of hydrogen-bond donors (Lipinski definition) is 1. The summed E-state index contributed by atoms with van der Waals surface area (Å²) in [6.07, 6.45) is 0.815. The highest BCUT2D eigenvalue weighted by Gasteiger charge is 2.22. The number of nitro benzene ring substituents is 1. The Hall–Kier alpha value is -1.78. The Labute approximate surface area is 126 Å². The van der Waals surface area contributed by atoms with E-state index in [-0.39, 0.29) is 11.1 Å². The van der Waals surface area contributed by atoms with Gasteiger partial charge >= 0.3 is 5.69 Å². The van der Waals surface area contributed by atoms with Crippen LogP contribution in [0.3, 0.4) is 0 Å². The van der Waals surface area contributed by atoms with Crippen LogP contribution in [0.25, 0.3) is 0 Å². The molecule has 0 atom stereocenters. The molecule has 0 fully saturated rings. The highest BCUT2D eigenvalue weighted by atomic mass is 16.6. The molecule has 0 bridgehead atoms. The first-order chi connectivity index (χ1) is 9.77. The minimum atomic E-state index is -0.410. The highest BCUT2D eigenvalue weighted by molar-refractivity contribution is 5.58. The Morgan fingerprint density at radius 2 is 2.05 bits per heavy atom. The van der Waals surface area contributed by atoms with Crippen LogP contribution in [0.5, 0.6) is 5.75 Å². The molecule has 1 rings (SSSR count). The number of benzene rings is 1. The molecule has 0 aliphatic heterocycles. The molecule has 0 saturated heterocycles. The lowest BCUT2D eigenvalue weighted by atomic mass is 9.81. The van der Waals surface area contributed by atoms with Crippen molar-refractivity contribution in [3.05, 3.63) is 28.3 Å². The molecule has 0 radical (unpaired) electrons. The fraction of sp³-hybridized carbons (Fsp3) is 0.625. The average Bonchev–Trinajstić information content (AvgIpc) is 2.42. The lowest BCUT2D eigenvalue weighted by Crippen LogP contribution is -2.28. The molecule has 0 aromatic heterocycles. The van der Waals surface area contributed by atoms with Crippen LogP contribution in [0.15, 0.2) is 18.2 Å². The molecule has 0 aliphatic carbocycles. The Morgan fingerprint density at radius 3 is 2.57 bits per heavy atom. The number of nitrogens with zero attached hydrogens (tertiary/aromatic N) is 1. The zero-order chi connectivity index (χ0) is 16.0. The third-order valence-electron chi connectivity index (χ3n) is 3.93. The molecule has 1 aromatic carbocycles. The maximum atomic E-state index is 11.0. The summed E-state index contributed by atoms with van der Waals surface area (Å²) in [4.78, 5) is 10.6. The van der Waals surface area contributed by atoms with E-state index >= 15 is 0 Å². The molecular weight excluding hydrogens is 268 g/mol. The third kappa shape index (κ3) is 4.92. The van der Waals surface area contributed by atoms with E-state index in [0.717, 1.165) is 18.7 Å². The largest absolute Gasteiger partial charge is 0.487 e. The van der Waals surface area contributed by atoms with E-state index in [2.05, 4.69) is 33.0 Å². The second-order valence-electron chi connectivity index (χ2n) is 6.28. The van der Waals surface area contributed by atoms with Crippen LogP contribution in [0.2, 0.25) is 0 Å². The van der Waals surface area contributed by atoms with Gasteiger partial charge in [-0.05, 0) is 23.8 Å². The summed E-state index contributed by atoms with van der Waals surface area (Å²) < 4.78 is 5.49. The number of anilines is 1. The minimum absolute atomic E-state index is 0.0112. The van der Waals surface area contributed by atoms with Gasteiger partial charge in [-0.15, -0.1) is 0 Å². The molecule has 0 heterocycles. The SMILES string of the molecule is CCCOc1cc(NCC(C)(C)C(C)C)ccc1[N+](=O)[O-]. The first-order valence-corrected chi connectivity index (χ1v) is 7.43. The molecule has 5 nitrogen and oxygen atoms in total. The molecule has 0 spiro atoms. The topological polar surface area (TPSA) is 64.4 Å². The van der Waals surface area contributed by atoms with Crippen molar-refractivity contribution in [2.24, 2.45) is 11.3 Å². The van der Waals surface area contributed by atoms with Crippen molar-refractivity contribution in [1.29, 1.82) is 0 Å². The maximum absolute atomic E-state index is 11.0. The number of nitro groups is 1. The Bertz CT molecular complexity index is 484. The van der Waals surface area contributed by atoms with E-state index in [9.17, 15) is 10.1 Å². The third-order valence-corrected chi connectivity index (χ3v) is 3.93. The van der Waals surface area contributed by atoms with E-state index in [1.54, 1.807) is 12.1 Å². The van der Waals surface area contributed by atoms with Crippen LogP contribution in [-0.2, 0) is 0 Å². The summed E-state index contributed by atoms with van der Waals surface area (Å²) in [5.74, 6) is 0.869. The predicted octanol–water partition coefficient (Wildman–Crippen LogP) is 4.48. The Morgan fingerprint density at radius 1 is 1.38 bits per heavy atom. The first-order valence-electron chi connectivity index (χ1n) is 7.43. The van der Waals surface area contributed by atoms with E-state index in [1.807, 2.05) is 6.92 Å². The van der Waals surface area contributed by atoms with Gasteiger partial charge in [0.2, 0.25) is 0 Å². The summed E-state index contributed by atoms with van der Waals surface area (Å²) >= 11 is 0. The van der Waals surface area contributed by atoms with Crippen molar-refractivity contribution < 1.29 is 9.66 Å². The lowest BCUT2D eigenvalue weighted by molar-refractivity contribution is -0.385. The van der Waals surface area contributed by atoms with Gasteiger partial charge in [0.15, 0.2) is 5.75 Å². The van der Waals surface area contributed by atoms with Gasteiger partial charge in [0.1, 0.15) is 0 Å². The van der Waals surface area contributed by atoms with Crippen LogP contribution in [-0.4, -0.2) is 18.1 Å². The van der Waals surface area contributed by atoms with Gasteiger partial charge in [-0.3, -0.25) is 10.1 Å². The number of rotatable bonds is 8. The standard InChI is InChI=1S/C16H26N2O3/c1-6-9-21-15-10-13(7-8-14(15)18(19)20)17-11-16(4,5)12(2)3/h7-8,10,12,17H,6,9,11H2,1-5H3. The van der Waals surface area contributed by atoms with Crippen molar-refractivity contribution in [1.82, 2.24) is 0 Å². The van der Waals surface area contributed by atoms with Crippen LogP contribution in [0.4, 0.5) is 11.4 Å². The molecule has 118 valence electrons. The van der Waals surface area contributed by atoms with E-state index < -0.39 is 4.92 Å². The molecule has 1 aromatic rings. The number of ether oxygens (including phenoxy) is 1. The molecule has 21 heavy (non-hydrogen) atoms. The summed E-state index contributed by atoms with van der Waals surface area (Å²) in [5, 5.41) is 14.4. The molecule has 0 aliphatic rings. The quantitative estimate of drug-likeness (QED) is 0.567. The Balaban J connectivity index is 2.87. The van der Waals surface area contributed by atoms with Gasteiger partial charge in [-0.1, -0.05) is 34.6 Å². The lowest BCUT2D eigenvalue weighted by Gasteiger charge is -2.29. The number of hydrogen-bond acceptors (Lipinski definition) is 4. The number of nitrogens with one attached hydrogen (secondary N) is 1. The first kappa shape index (κ1) is 17.3. The zero-order valence-corrected chi connectivity index (χ0v) is 13.6. The van der Waals surface area contributed by atoms with E-state index in [1.165, 1.54) is 6.07 Å². The van der Waals surface area contributed by atoms with Crippen LogP contribution >= 0.6 is 0 Å². The summed E-state index contributed by atoms with van der Waals surface area (Å²) in [5.41, 5.74) is 1.00. The monoisotopic (exact) mass is 294 g/mol. The van der Waals surface area contributed by atoms with Crippen molar-refractivity contribution in [2.75, 3.05) is 18.5 Å². The van der Waals surface area contributed by atoms with Crippen molar-refractivity contribution in [3.63, 3.8) is 0 Å². The highest BCUT2D eigenvalue weighted by Crippen LogP contribution is 2.32. The van der Waals surface area contributed by atoms with Gasteiger partial charge in [0.05, 0.1) is 11.5 Å². The van der Waals surface area contributed by atoms with Crippen molar-refractivity contribution in [3.8, 4) is 5.75 Å². The van der Waals surface area contributed by atoms with Crippen molar-refractivity contribution in [2.45, 2.75) is 41.0 Å². The summed E-state index contributed by atoms with van der Waals surface area (Å²) in [6.45, 7) is 12.0. The van der Waals surface area contributed by atoms with E-state index in [4.69, 9.17) is 4.74 Å². The fourth-order valence-electron chi connectivity index (χ4n) is 1.64. The van der Waals surface area contributed by atoms with Gasteiger partial charge in [-0.2, -0.15) is 0 Å².